The van der Waals surface area contributed by atoms with Crippen molar-refractivity contribution in [3.8, 4) is 11.4 Å². The summed E-state index contributed by atoms with van der Waals surface area (Å²) in [4.78, 5) is 20.2. The Kier molecular flexibility index (Phi) is 4.05. The van der Waals surface area contributed by atoms with Gasteiger partial charge in [-0.3, -0.25) is 4.79 Å². The van der Waals surface area contributed by atoms with Crippen LogP contribution in [0.4, 0.5) is 14.5 Å². The molecule has 3 rings (SSSR count). The van der Waals surface area contributed by atoms with Crippen molar-refractivity contribution in [3.05, 3.63) is 78.1 Å². The van der Waals surface area contributed by atoms with Gasteiger partial charge in [0.25, 0.3) is 5.91 Å². The number of hydrogen-bond acceptors (Lipinski definition) is 3. The van der Waals surface area contributed by atoms with Gasteiger partial charge in [-0.15, -0.1) is 0 Å². The molecular weight excluding hydrogens is 300 g/mol. The van der Waals surface area contributed by atoms with Gasteiger partial charge in [0, 0.05) is 18.0 Å². The third-order valence-electron chi connectivity index (χ3n) is 3.14. The molecule has 0 aliphatic carbocycles. The van der Waals surface area contributed by atoms with Crippen LogP contribution in [0.3, 0.4) is 0 Å². The summed E-state index contributed by atoms with van der Waals surface area (Å²) in [6.45, 7) is 0. The van der Waals surface area contributed by atoms with E-state index in [4.69, 9.17) is 0 Å². The maximum Gasteiger partial charge on any atom is 0.258 e. The van der Waals surface area contributed by atoms with Crippen LogP contribution >= 0.6 is 0 Å². The molecule has 0 aliphatic heterocycles. The van der Waals surface area contributed by atoms with E-state index in [2.05, 4.69) is 15.3 Å². The Bertz CT molecular complexity index is 833. The van der Waals surface area contributed by atoms with E-state index in [1.165, 1.54) is 42.7 Å². The van der Waals surface area contributed by atoms with E-state index in [-0.39, 0.29) is 17.1 Å². The molecule has 3 aromatic rings. The molecule has 1 N–H and O–H groups in total. The number of para-hydroxylation sites is 1. The molecule has 0 atom stereocenters. The molecule has 0 saturated heterocycles. The fraction of sp³-hybridized carbons (Fsp3) is 0. The molecule has 6 heteroatoms. The van der Waals surface area contributed by atoms with E-state index in [9.17, 15) is 13.6 Å². The standard InChI is InChI=1S/C17H11F2N3O/c18-13-7-5-11(6-8-13)16-20-9-12(10-21-16)17(23)22-15-4-2-1-3-14(15)19/h1-10H,(H,22,23). The minimum atomic E-state index is -0.523. The molecule has 0 spiro atoms. The molecule has 0 bridgehead atoms. The number of nitrogens with zero attached hydrogens (tertiary/aromatic N) is 2. The second-order valence-corrected chi connectivity index (χ2v) is 4.74. The monoisotopic (exact) mass is 311 g/mol. The van der Waals surface area contributed by atoms with Crippen LogP contribution in [0.1, 0.15) is 10.4 Å². The summed E-state index contributed by atoms with van der Waals surface area (Å²) in [6, 6.07) is 11.6. The molecular formula is C17H11F2N3O. The number of rotatable bonds is 3. The van der Waals surface area contributed by atoms with Crippen molar-refractivity contribution in [2.24, 2.45) is 0 Å². The maximum atomic E-state index is 13.5. The number of anilines is 1. The maximum absolute atomic E-state index is 13.5. The van der Waals surface area contributed by atoms with Crippen molar-refractivity contribution in [3.63, 3.8) is 0 Å². The molecule has 1 amide bonds. The highest BCUT2D eigenvalue weighted by Crippen LogP contribution is 2.16. The molecule has 23 heavy (non-hydrogen) atoms. The van der Waals surface area contributed by atoms with Crippen LogP contribution < -0.4 is 5.32 Å². The largest absolute Gasteiger partial charge is 0.319 e. The molecule has 4 nitrogen and oxygen atoms in total. The van der Waals surface area contributed by atoms with Crippen LogP contribution in [-0.2, 0) is 0 Å². The SMILES string of the molecule is O=C(Nc1ccccc1F)c1cnc(-c2ccc(F)cc2)nc1. The van der Waals surface area contributed by atoms with Gasteiger partial charge in [-0.1, -0.05) is 12.1 Å². The number of nitrogens with one attached hydrogen (secondary N) is 1. The number of amides is 1. The highest BCUT2D eigenvalue weighted by atomic mass is 19.1. The number of aromatic nitrogens is 2. The van der Waals surface area contributed by atoms with Gasteiger partial charge in [0.05, 0.1) is 11.3 Å². The number of halogens is 2. The van der Waals surface area contributed by atoms with Crippen LogP contribution in [0.25, 0.3) is 11.4 Å². The lowest BCUT2D eigenvalue weighted by Gasteiger charge is -2.06. The van der Waals surface area contributed by atoms with Gasteiger partial charge in [0.15, 0.2) is 5.82 Å². The first-order valence-electron chi connectivity index (χ1n) is 6.77. The summed E-state index contributed by atoms with van der Waals surface area (Å²) in [6.07, 6.45) is 2.67. The van der Waals surface area contributed by atoms with Crippen molar-refractivity contribution in [1.29, 1.82) is 0 Å². The molecule has 114 valence electrons. The van der Waals surface area contributed by atoms with E-state index < -0.39 is 11.7 Å². The summed E-state index contributed by atoms with van der Waals surface area (Å²) in [5, 5.41) is 2.45. The molecule has 1 aromatic heterocycles. The van der Waals surface area contributed by atoms with Crippen molar-refractivity contribution in [1.82, 2.24) is 9.97 Å². The van der Waals surface area contributed by atoms with Gasteiger partial charge in [-0.25, -0.2) is 18.7 Å². The van der Waals surface area contributed by atoms with Gasteiger partial charge in [0.2, 0.25) is 0 Å². The van der Waals surface area contributed by atoms with Crippen LogP contribution in [0, 0.1) is 11.6 Å². The predicted molar refractivity (Wildman–Crippen MR) is 81.8 cm³/mol. The van der Waals surface area contributed by atoms with E-state index >= 15 is 0 Å². The summed E-state index contributed by atoms with van der Waals surface area (Å²) < 4.78 is 26.4. The van der Waals surface area contributed by atoms with Gasteiger partial charge in [0.1, 0.15) is 11.6 Å². The second kappa shape index (κ2) is 6.31. The van der Waals surface area contributed by atoms with Crippen LogP contribution in [-0.4, -0.2) is 15.9 Å². The number of hydrogen-bond donors (Lipinski definition) is 1. The number of carbonyl (C=O) groups excluding carboxylic acids is 1. The fourth-order valence-electron chi connectivity index (χ4n) is 1.95. The fourth-order valence-corrected chi connectivity index (χ4v) is 1.95. The quantitative estimate of drug-likeness (QED) is 0.803. The predicted octanol–water partition coefficient (Wildman–Crippen LogP) is 3.67. The Hall–Kier alpha value is -3.15. The normalized spacial score (nSPS) is 10.3. The van der Waals surface area contributed by atoms with Crippen LogP contribution in [0.2, 0.25) is 0 Å². The van der Waals surface area contributed by atoms with Crippen LogP contribution in [0.15, 0.2) is 60.9 Å². The average molecular weight is 311 g/mol. The molecule has 0 saturated carbocycles. The lowest BCUT2D eigenvalue weighted by molar-refractivity contribution is 0.102. The summed E-state index contributed by atoms with van der Waals surface area (Å²) in [5.74, 6) is -1.02. The van der Waals surface area contributed by atoms with Gasteiger partial charge < -0.3 is 5.32 Å². The zero-order valence-corrected chi connectivity index (χ0v) is 11.8. The number of benzene rings is 2. The Labute approximate surface area is 130 Å². The minimum absolute atomic E-state index is 0.0834. The zero-order chi connectivity index (χ0) is 16.2. The van der Waals surface area contributed by atoms with E-state index in [0.717, 1.165) is 0 Å². The number of carbonyl (C=O) groups is 1. The first kappa shape index (κ1) is 14.8. The van der Waals surface area contributed by atoms with Crippen LogP contribution in [0.5, 0.6) is 0 Å². The minimum Gasteiger partial charge on any atom is -0.319 e. The Morgan fingerprint density at radius 2 is 1.57 bits per heavy atom. The smallest absolute Gasteiger partial charge is 0.258 e. The first-order valence-corrected chi connectivity index (χ1v) is 6.77. The second-order valence-electron chi connectivity index (χ2n) is 4.74. The molecule has 0 unspecified atom stereocenters. The lowest BCUT2D eigenvalue weighted by atomic mass is 10.2. The molecule has 2 aromatic carbocycles. The lowest BCUT2D eigenvalue weighted by Crippen LogP contribution is -2.13. The summed E-state index contributed by atoms with van der Waals surface area (Å²) in [7, 11) is 0. The highest BCUT2D eigenvalue weighted by molar-refractivity contribution is 6.03. The summed E-state index contributed by atoms with van der Waals surface area (Å²) >= 11 is 0. The molecule has 0 radical (unpaired) electrons. The van der Waals surface area contributed by atoms with Crippen molar-refractivity contribution >= 4 is 11.6 Å². The van der Waals surface area contributed by atoms with Gasteiger partial charge in [-0.2, -0.15) is 0 Å². The van der Waals surface area contributed by atoms with Gasteiger partial charge in [-0.05, 0) is 36.4 Å². The molecule has 0 fully saturated rings. The third-order valence-corrected chi connectivity index (χ3v) is 3.14. The summed E-state index contributed by atoms with van der Waals surface area (Å²) in [5.41, 5.74) is 0.909. The first-order chi connectivity index (χ1) is 11.1. The topological polar surface area (TPSA) is 54.9 Å². The van der Waals surface area contributed by atoms with Crippen molar-refractivity contribution in [2.75, 3.05) is 5.32 Å². The van der Waals surface area contributed by atoms with E-state index in [0.29, 0.717) is 11.4 Å². The highest BCUT2D eigenvalue weighted by Gasteiger charge is 2.10. The van der Waals surface area contributed by atoms with Gasteiger partial charge >= 0.3 is 0 Å². The Morgan fingerprint density at radius 1 is 0.913 bits per heavy atom. The molecule has 1 heterocycles. The van der Waals surface area contributed by atoms with E-state index in [1.807, 2.05) is 0 Å². The average Bonchev–Trinajstić information content (AvgIpc) is 2.58. The third kappa shape index (κ3) is 3.37. The molecule has 0 aliphatic rings. The van der Waals surface area contributed by atoms with E-state index in [1.54, 1.807) is 18.2 Å². The zero-order valence-electron chi connectivity index (χ0n) is 11.8. The van der Waals surface area contributed by atoms with Crippen molar-refractivity contribution in [2.45, 2.75) is 0 Å². The Morgan fingerprint density at radius 3 is 2.22 bits per heavy atom. The van der Waals surface area contributed by atoms with Crippen molar-refractivity contribution < 1.29 is 13.6 Å². The Balaban J connectivity index is 1.78.